The molecule has 0 radical (unpaired) electrons. The first-order valence-corrected chi connectivity index (χ1v) is 11.5. The zero-order chi connectivity index (χ0) is 24.4. The van der Waals surface area contributed by atoms with E-state index < -0.39 is 17.5 Å². The van der Waals surface area contributed by atoms with Gasteiger partial charge in [0, 0.05) is 28.2 Å². The lowest BCUT2D eigenvalue weighted by atomic mass is 9.44. The minimum absolute atomic E-state index is 0.0561. The monoisotopic (exact) mass is 498 g/mol. The third kappa shape index (κ3) is 3.78. The fourth-order valence-corrected chi connectivity index (χ4v) is 5.56. The molecule has 1 aromatic heterocycles. The van der Waals surface area contributed by atoms with E-state index in [1.807, 2.05) is 0 Å². The standard InChI is InChI=1S/C24H20ClFN4O5/c25-12-1-2-19-14(3-12)18(31)6-20(35-19)22(33)29-24-9-23(10-24,11-24)28-21(32)8-34-13-4-16(26)15-7-27-30-17(15)5-13/h1-5,7,20H,6,8-11H2,(H,27,30)(H,28,32)(H,29,33)/t20-,23?,24?/m1/s1. The Bertz CT molecular complexity index is 1390. The van der Waals surface area contributed by atoms with Gasteiger partial charge in [-0.2, -0.15) is 5.10 Å². The van der Waals surface area contributed by atoms with Gasteiger partial charge >= 0.3 is 0 Å². The Balaban J connectivity index is 0.997. The number of nitrogens with one attached hydrogen (secondary N) is 3. The molecule has 3 N–H and O–H groups in total. The molecular weight excluding hydrogens is 479 g/mol. The van der Waals surface area contributed by atoms with Crippen molar-refractivity contribution in [1.82, 2.24) is 20.8 Å². The molecule has 11 heteroatoms. The Morgan fingerprint density at radius 1 is 1.20 bits per heavy atom. The summed E-state index contributed by atoms with van der Waals surface area (Å²) in [6.45, 7) is -0.262. The van der Waals surface area contributed by atoms with Crippen molar-refractivity contribution in [1.29, 1.82) is 0 Å². The van der Waals surface area contributed by atoms with Crippen molar-refractivity contribution in [3.05, 3.63) is 52.9 Å². The van der Waals surface area contributed by atoms with Gasteiger partial charge in [-0.25, -0.2) is 4.39 Å². The quantitative estimate of drug-likeness (QED) is 0.480. The lowest BCUT2D eigenvalue weighted by Crippen LogP contribution is -2.84. The minimum Gasteiger partial charge on any atom is -0.484 e. The Labute approximate surface area is 203 Å². The van der Waals surface area contributed by atoms with Crippen LogP contribution < -0.4 is 20.1 Å². The molecule has 0 spiro atoms. The average molecular weight is 499 g/mol. The molecule has 0 unspecified atom stereocenters. The van der Waals surface area contributed by atoms with Crippen LogP contribution in [0.25, 0.3) is 10.9 Å². The van der Waals surface area contributed by atoms with Gasteiger partial charge in [-0.05, 0) is 37.5 Å². The van der Waals surface area contributed by atoms with Gasteiger partial charge in [0.05, 0.1) is 29.1 Å². The summed E-state index contributed by atoms with van der Waals surface area (Å²) in [5.74, 6) is -0.786. The predicted octanol–water partition coefficient (Wildman–Crippen LogP) is 2.68. The molecule has 4 aliphatic rings. The highest BCUT2D eigenvalue weighted by atomic mass is 35.5. The van der Waals surface area contributed by atoms with Crippen molar-refractivity contribution in [2.24, 2.45) is 0 Å². The van der Waals surface area contributed by atoms with Gasteiger partial charge < -0.3 is 20.1 Å². The van der Waals surface area contributed by atoms with Gasteiger partial charge in [0.25, 0.3) is 11.8 Å². The maximum absolute atomic E-state index is 14.0. The zero-order valence-electron chi connectivity index (χ0n) is 18.3. The Morgan fingerprint density at radius 2 is 1.97 bits per heavy atom. The molecule has 3 fully saturated rings. The lowest BCUT2D eigenvalue weighted by molar-refractivity contribution is -0.154. The number of carbonyl (C=O) groups excluding carboxylic acids is 3. The van der Waals surface area contributed by atoms with E-state index >= 15 is 0 Å². The number of benzene rings is 2. The van der Waals surface area contributed by atoms with Crippen LogP contribution in [0.4, 0.5) is 4.39 Å². The average Bonchev–Trinajstić information content (AvgIpc) is 3.25. The number of halogens is 2. The Kier molecular flexibility index (Phi) is 4.79. The molecule has 0 saturated heterocycles. The normalized spacial score (nSPS) is 26.1. The Morgan fingerprint density at radius 3 is 2.77 bits per heavy atom. The Hall–Kier alpha value is -3.66. The first-order chi connectivity index (χ1) is 16.7. The van der Waals surface area contributed by atoms with Crippen molar-refractivity contribution < 1.29 is 28.2 Å². The number of hydrogen-bond acceptors (Lipinski definition) is 6. The summed E-state index contributed by atoms with van der Waals surface area (Å²) in [4.78, 5) is 37.6. The first kappa shape index (κ1) is 21.8. The first-order valence-electron chi connectivity index (χ1n) is 11.1. The summed E-state index contributed by atoms with van der Waals surface area (Å²) < 4.78 is 25.2. The number of ether oxygens (including phenoxy) is 2. The molecule has 35 heavy (non-hydrogen) atoms. The van der Waals surface area contributed by atoms with E-state index in [0.29, 0.717) is 46.5 Å². The number of ketones is 1. The summed E-state index contributed by atoms with van der Waals surface area (Å²) in [5, 5.41) is 13.2. The molecule has 2 bridgehead atoms. The van der Waals surface area contributed by atoms with Gasteiger partial charge in [0.2, 0.25) is 0 Å². The summed E-state index contributed by atoms with van der Waals surface area (Å²) in [7, 11) is 0. The number of fused-ring (bicyclic) bond motifs is 2. The number of H-pyrrole nitrogens is 1. The molecule has 1 aliphatic heterocycles. The van der Waals surface area contributed by atoms with Crippen molar-refractivity contribution in [2.75, 3.05) is 6.61 Å². The van der Waals surface area contributed by atoms with Crippen LogP contribution in [0.2, 0.25) is 5.02 Å². The molecule has 3 aliphatic carbocycles. The molecule has 1 atom stereocenters. The van der Waals surface area contributed by atoms with Crippen LogP contribution >= 0.6 is 11.6 Å². The number of nitrogens with zero attached hydrogens (tertiary/aromatic N) is 1. The highest BCUT2D eigenvalue weighted by Gasteiger charge is 2.69. The van der Waals surface area contributed by atoms with Crippen molar-refractivity contribution in [2.45, 2.75) is 42.9 Å². The number of carbonyl (C=O) groups is 3. The van der Waals surface area contributed by atoms with Crippen LogP contribution in [-0.2, 0) is 9.59 Å². The van der Waals surface area contributed by atoms with Crippen LogP contribution in [0.15, 0.2) is 36.5 Å². The molecule has 7 rings (SSSR count). The highest BCUT2D eigenvalue weighted by Crippen LogP contribution is 2.60. The minimum atomic E-state index is -0.906. The SMILES string of the molecule is O=C(COc1cc(F)c2cn[nH]c2c1)NC12CC(NC(=O)[C@H]3CC(=O)c4cc(Cl)ccc4O3)(C1)C2. The summed E-state index contributed by atoms with van der Waals surface area (Å²) in [6, 6.07) is 7.52. The predicted molar refractivity (Wildman–Crippen MR) is 122 cm³/mol. The molecule has 2 amide bonds. The van der Waals surface area contributed by atoms with E-state index in [2.05, 4.69) is 20.8 Å². The van der Waals surface area contributed by atoms with Crippen molar-refractivity contribution in [3.8, 4) is 11.5 Å². The van der Waals surface area contributed by atoms with Crippen LogP contribution in [0.5, 0.6) is 11.5 Å². The van der Waals surface area contributed by atoms with E-state index in [4.69, 9.17) is 21.1 Å². The van der Waals surface area contributed by atoms with E-state index in [9.17, 15) is 18.8 Å². The molecular formula is C24H20ClFN4O5. The maximum Gasteiger partial charge on any atom is 0.261 e. The molecule has 2 heterocycles. The van der Waals surface area contributed by atoms with Crippen LogP contribution in [-0.4, -0.2) is 51.6 Å². The van der Waals surface area contributed by atoms with Gasteiger partial charge in [0.15, 0.2) is 18.5 Å². The van der Waals surface area contributed by atoms with Gasteiger partial charge in [-0.1, -0.05) is 11.6 Å². The van der Waals surface area contributed by atoms with Crippen LogP contribution in [0.3, 0.4) is 0 Å². The summed E-state index contributed by atoms with van der Waals surface area (Å²) in [5.41, 5.74) is 0.0580. The van der Waals surface area contributed by atoms with Gasteiger partial charge in [-0.15, -0.1) is 0 Å². The maximum atomic E-state index is 14.0. The van der Waals surface area contributed by atoms with Crippen LogP contribution in [0, 0.1) is 5.82 Å². The fraction of sp³-hybridized carbons (Fsp3) is 0.333. The van der Waals surface area contributed by atoms with E-state index in [1.54, 1.807) is 18.2 Å². The van der Waals surface area contributed by atoms with Crippen molar-refractivity contribution >= 4 is 40.1 Å². The molecule has 180 valence electrons. The topological polar surface area (TPSA) is 122 Å². The van der Waals surface area contributed by atoms with E-state index in [1.165, 1.54) is 18.3 Å². The largest absolute Gasteiger partial charge is 0.484 e. The number of amides is 2. The van der Waals surface area contributed by atoms with E-state index in [-0.39, 0.29) is 41.9 Å². The lowest BCUT2D eigenvalue weighted by Gasteiger charge is -2.70. The second-order valence-corrected chi connectivity index (χ2v) is 9.96. The molecule has 2 aromatic carbocycles. The molecule has 3 aromatic rings. The fourth-order valence-electron chi connectivity index (χ4n) is 5.38. The summed E-state index contributed by atoms with van der Waals surface area (Å²) in [6.07, 6.45) is 2.17. The smallest absolute Gasteiger partial charge is 0.261 e. The molecule has 3 saturated carbocycles. The summed E-state index contributed by atoms with van der Waals surface area (Å²) >= 11 is 5.94. The third-order valence-electron chi connectivity index (χ3n) is 6.85. The third-order valence-corrected chi connectivity index (χ3v) is 7.08. The number of aromatic amines is 1. The zero-order valence-corrected chi connectivity index (χ0v) is 19.1. The van der Waals surface area contributed by atoms with Crippen LogP contribution in [0.1, 0.15) is 36.0 Å². The van der Waals surface area contributed by atoms with Gasteiger partial charge in [0.1, 0.15) is 17.3 Å². The number of hydrogen-bond donors (Lipinski definition) is 3. The molecule has 9 nitrogen and oxygen atoms in total. The number of aromatic nitrogens is 2. The highest BCUT2D eigenvalue weighted by molar-refractivity contribution is 6.31. The van der Waals surface area contributed by atoms with Crippen molar-refractivity contribution in [3.63, 3.8) is 0 Å². The van der Waals surface area contributed by atoms with E-state index in [0.717, 1.165) is 0 Å². The second-order valence-electron chi connectivity index (χ2n) is 9.53. The second kappa shape index (κ2) is 7.67. The van der Waals surface area contributed by atoms with Gasteiger partial charge in [-0.3, -0.25) is 19.5 Å². The number of Topliss-reactive ketones (excluding diaryl/α,β-unsaturated/α-hetero) is 1. The number of rotatable bonds is 6.